The molecule has 0 aliphatic carbocycles. The van der Waals surface area contributed by atoms with Crippen molar-refractivity contribution in [2.24, 2.45) is 0 Å². The van der Waals surface area contributed by atoms with Crippen molar-refractivity contribution >= 4 is 5.82 Å². The number of halogens is 3. The van der Waals surface area contributed by atoms with Crippen LogP contribution in [0.3, 0.4) is 0 Å². The van der Waals surface area contributed by atoms with E-state index < -0.39 is 28.7 Å². The van der Waals surface area contributed by atoms with E-state index in [1.54, 1.807) is 24.1 Å². The smallest absolute Gasteiger partial charge is 0.338 e. The van der Waals surface area contributed by atoms with Gasteiger partial charge in [-0.25, -0.2) is 22.5 Å². The van der Waals surface area contributed by atoms with E-state index in [9.17, 15) is 28.0 Å². The van der Waals surface area contributed by atoms with Gasteiger partial charge in [-0.15, -0.1) is 0 Å². The lowest BCUT2D eigenvalue weighted by atomic mass is 10.0. The Morgan fingerprint density at radius 2 is 1.65 bits per heavy atom. The molecule has 0 bridgehead atoms. The van der Waals surface area contributed by atoms with E-state index >= 15 is 0 Å². The summed E-state index contributed by atoms with van der Waals surface area (Å²) in [5.74, 6) is -4.22. The van der Waals surface area contributed by atoms with Crippen molar-refractivity contribution in [2.75, 3.05) is 4.90 Å². The van der Waals surface area contributed by atoms with Crippen LogP contribution in [0.15, 0.2) is 64.4 Å². The Balaban J connectivity index is 1.79. The summed E-state index contributed by atoms with van der Waals surface area (Å²) in [6.45, 7) is 2.08. The minimum Gasteiger partial charge on any atom is -0.349 e. The molecule has 37 heavy (non-hydrogen) atoms. The van der Waals surface area contributed by atoms with Crippen molar-refractivity contribution in [2.45, 2.75) is 33.0 Å². The van der Waals surface area contributed by atoms with Crippen molar-refractivity contribution in [1.29, 1.82) is 5.26 Å². The molecule has 7 nitrogen and oxygen atoms in total. The Kier molecular flexibility index (Phi) is 6.13. The van der Waals surface area contributed by atoms with Crippen molar-refractivity contribution < 1.29 is 13.2 Å². The quantitative estimate of drug-likeness (QED) is 0.388. The van der Waals surface area contributed by atoms with E-state index in [0.29, 0.717) is 18.7 Å². The van der Waals surface area contributed by atoms with Crippen molar-refractivity contribution in [1.82, 2.24) is 14.1 Å². The highest BCUT2D eigenvalue weighted by molar-refractivity contribution is 5.55. The number of pyridine rings is 1. The van der Waals surface area contributed by atoms with E-state index in [4.69, 9.17) is 0 Å². The third-order valence-corrected chi connectivity index (χ3v) is 6.32. The fourth-order valence-corrected chi connectivity index (χ4v) is 4.71. The Bertz CT molecular complexity index is 1660. The number of aryl methyl sites for hydroxylation is 1. The Hall–Kier alpha value is -4.65. The van der Waals surface area contributed by atoms with E-state index in [1.807, 2.05) is 30.3 Å². The molecule has 0 fully saturated rings. The van der Waals surface area contributed by atoms with Crippen molar-refractivity contribution in [3.05, 3.63) is 121 Å². The number of aromatic nitrogens is 3. The SMILES string of the molecule is Cc1cncc(-n2c(=O)c(Cc3cc(F)c(F)c(F)c3)c(N3Cc4ccccc4C3)n(CC#N)c2=O)c1. The lowest BCUT2D eigenvalue weighted by Crippen LogP contribution is -2.44. The third-order valence-electron chi connectivity index (χ3n) is 6.32. The van der Waals surface area contributed by atoms with Crippen molar-refractivity contribution in [3.8, 4) is 11.8 Å². The molecule has 0 saturated carbocycles. The van der Waals surface area contributed by atoms with Crippen LogP contribution in [-0.2, 0) is 26.1 Å². The van der Waals surface area contributed by atoms with Gasteiger partial charge in [0.15, 0.2) is 17.5 Å². The van der Waals surface area contributed by atoms with E-state index in [1.165, 1.54) is 10.8 Å². The minimum absolute atomic E-state index is 0.00235. The summed E-state index contributed by atoms with van der Waals surface area (Å²) in [7, 11) is 0. The molecule has 4 aromatic rings. The van der Waals surface area contributed by atoms with Gasteiger partial charge in [-0.3, -0.25) is 14.3 Å². The number of benzene rings is 2. The molecule has 3 heterocycles. The molecular weight excluding hydrogens is 483 g/mol. The van der Waals surface area contributed by atoms with Gasteiger partial charge in [0, 0.05) is 25.7 Å². The van der Waals surface area contributed by atoms with E-state index in [-0.39, 0.29) is 35.6 Å². The van der Waals surface area contributed by atoms with Gasteiger partial charge in [0.05, 0.1) is 23.5 Å². The van der Waals surface area contributed by atoms with Crippen LogP contribution >= 0.6 is 0 Å². The number of fused-ring (bicyclic) bond motifs is 1. The Morgan fingerprint density at radius 1 is 1.00 bits per heavy atom. The molecule has 2 aromatic heterocycles. The molecule has 10 heteroatoms. The molecular formula is C27H20F3N5O2. The van der Waals surface area contributed by atoms with Gasteiger partial charge in [-0.05, 0) is 47.4 Å². The van der Waals surface area contributed by atoms with Gasteiger partial charge in [-0.1, -0.05) is 24.3 Å². The van der Waals surface area contributed by atoms with Crippen LogP contribution < -0.4 is 16.1 Å². The molecule has 1 aliphatic rings. The summed E-state index contributed by atoms with van der Waals surface area (Å²) < 4.78 is 43.8. The average Bonchev–Trinajstić information content (AvgIpc) is 3.29. The van der Waals surface area contributed by atoms with Crippen molar-refractivity contribution in [3.63, 3.8) is 0 Å². The summed E-state index contributed by atoms with van der Waals surface area (Å²) in [5.41, 5.74) is 1.42. The van der Waals surface area contributed by atoms with Crippen LogP contribution in [0.4, 0.5) is 19.0 Å². The predicted octanol–water partition coefficient (Wildman–Crippen LogP) is 3.75. The summed E-state index contributed by atoms with van der Waals surface area (Å²) in [5, 5.41) is 9.57. The maximum Gasteiger partial charge on any atom is 0.338 e. The predicted molar refractivity (Wildman–Crippen MR) is 130 cm³/mol. The molecule has 1 aliphatic heterocycles. The maximum absolute atomic E-state index is 14.1. The average molecular weight is 503 g/mol. The molecule has 0 amide bonds. The molecule has 0 unspecified atom stereocenters. The molecule has 0 atom stereocenters. The number of anilines is 1. The Labute approximate surface area is 209 Å². The van der Waals surface area contributed by atoms with Crippen LogP contribution in [0, 0.1) is 35.7 Å². The molecule has 0 saturated heterocycles. The lowest BCUT2D eigenvalue weighted by Gasteiger charge is -2.26. The largest absolute Gasteiger partial charge is 0.349 e. The second-order valence-electron chi connectivity index (χ2n) is 8.87. The second-order valence-corrected chi connectivity index (χ2v) is 8.87. The van der Waals surface area contributed by atoms with Gasteiger partial charge >= 0.3 is 5.69 Å². The summed E-state index contributed by atoms with van der Waals surface area (Å²) in [4.78, 5) is 33.4. The zero-order valence-electron chi connectivity index (χ0n) is 19.7. The standard InChI is InChI=1S/C27H20F3N5O2/c1-16-8-20(13-32-12-16)35-26(36)21(9-17-10-22(28)24(30)23(29)11-17)25(34(7-6-31)27(35)37)33-14-18-4-2-3-5-19(18)15-33/h2-5,8,10-13H,7,9,14-15H2,1H3. The van der Waals surface area contributed by atoms with Gasteiger partial charge < -0.3 is 4.90 Å². The van der Waals surface area contributed by atoms with Crippen LogP contribution in [0.25, 0.3) is 5.69 Å². The van der Waals surface area contributed by atoms with Gasteiger partial charge in [0.25, 0.3) is 5.56 Å². The maximum atomic E-state index is 14.1. The number of nitrogens with zero attached hydrogens (tertiary/aromatic N) is 5. The lowest BCUT2D eigenvalue weighted by molar-refractivity contribution is 0.445. The fourth-order valence-electron chi connectivity index (χ4n) is 4.71. The molecule has 0 N–H and O–H groups in total. The highest BCUT2D eigenvalue weighted by Crippen LogP contribution is 2.30. The molecule has 186 valence electrons. The van der Waals surface area contributed by atoms with Crippen LogP contribution in [0.2, 0.25) is 0 Å². The number of nitriles is 1. The van der Waals surface area contributed by atoms with E-state index in [0.717, 1.165) is 27.8 Å². The topological polar surface area (TPSA) is 83.9 Å². The monoisotopic (exact) mass is 503 g/mol. The van der Waals surface area contributed by atoms with Crippen LogP contribution in [-0.4, -0.2) is 14.1 Å². The first-order valence-corrected chi connectivity index (χ1v) is 11.4. The summed E-state index contributed by atoms with van der Waals surface area (Å²) in [6.07, 6.45) is 2.60. The van der Waals surface area contributed by atoms with Gasteiger partial charge in [0.2, 0.25) is 0 Å². The zero-order valence-corrected chi connectivity index (χ0v) is 19.7. The molecule has 0 radical (unpaired) electrons. The molecule has 0 spiro atoms. The second kappa shape index (κ2) is 9.43. The first-order chi connectivity index (χ1) is 17.8. The number of hydrogen-bond acceptors (Lipinski definition) is 5. The highest BCUT2D eigenvalue weighted by Gasteiger charge is 2.29. The van der Waals surface area contributed by atoms with E-state index in [2.05, 4.69) is 4.98 Å². The molecule has 2 aromatic carbocycles. The number of hydrogen-bond donors (Lipinski definition) is 0. The normalized spacial score (nSPS) is 12.5. The fraction of sp³-hybridized carbons (Fsp3) is 0.185. The van der Waals surface area contributed by atoms with Crippen LogP contribution in [0.1, 0.15) is 27.8 Å². The highest BCUT2D eigenvalue weighted by atomic mass is 19.2. The molecule has 5 rings (SSSR count). The van der Waals surface area contributed by atoms with Gasteiger partial charge in [0.1, 0.15) is 12.4 Å². The number of rotatable bonds is 5. The zero-order chi connectivity index (χ0) is 26.3. The minimum atomic E-state index is -1.61. The summed E-state index contributed by atoms with van der Waals surface area (Å²) >= 11 is 0. The Morgan fingerprint density at radius 3 is 2.24 bits per heavy atom. The third kappa shape index (κ3) is 4.29. The van der Waals surface area contributed by atoms with Crippen LogP contribution in [0.5, 0.6) is 0 Å². The van der Waals surface area contributed by atoms with Gasteiger partial charge in [-0.2, -0.15) is 5.26 Å². The summed E-state index contributed by atoms with van der Waals surface area (Å²) in [6, 6.07) is 12.8. The first kappa shape index (κ1) is 24.1. The first-order valence-electron chi connectivity index (χ1n) is 11.4.